The number of aryl methyl sites for hydroxylation is 1. The molecular weight excluding hydrogens is 441 g/mol. The Morgan fingerprint density at radius 1 is 0.969 bits per heavy atom. The minimum atomic E-state index is -4.39. The first-order valence-electron chi connectivity index (χ1n) is 10.0. The predicted molar refractivity (Wildman–Crippen MR) is 117 cm³/mol. The topological polar surface area (TPSA) is 49.3 Å². The first-order valence-corrected chi connectivity index (χ1v) is 10.4. The molecule has 0 saturated carbocycles. The number of hydrogen-bond donors (Lipinski definition) is 0. The molecule has 1 aliphatic rings. The maximum atomic E-state index is 12.8. The monoisotopic (exact) mass is 460 g/mol. The van der Waals surface area contributed by atoms with Crippen LogP contribution in [0.3, 0.4) is 0 Å². The number of amides is 1. The highest BCUT2D eigenvalue weighted by Crippen LogP contribution is 2.31. The van der Waals surface area contributed by atoms with Gasteiger partial charge in [-0.1, -0.05) is 29.8 Å². The van der Waals surface area contributed by atoms with Gasteiger partial charge in [-0.25, -0.2) is 9.97 Å². The molecule has 0 bridgehead atoms. The molecule has 1 aromatic heterocycles. The summed E-state index contributed by atoms with van der Waals surface area (Å²) < 4.78 is 38.5. The summed E-state index contributed by atoms with van der Waals surface area (Å²) in [5.41, 5.74) is 1.06. The summed E-state index contributed by atoms with van der Waals surface area (Å²) in [4.78, 5) is 25.5. The third-order valence-electron chi connectivity index (χ3n) is 5.27. The van der Waals surface area contributed by atoms with Gasteiger partial charge < -0.3 is 9.80 Å². The second-order valence-electron chi connectivity index (χ2n) is 7.56. The molecule has 32 heavy (non-hydrogen) atoms. The van der Waals surface area contributed by atoms with Gasteiger partial charge in [0.05, 0.1) is 5.56 Å². The molecule has 2 aromatic carbocycles. The van der Waals surface area contributed by atoms with E-state index in [1.54, 1.807) is 29.2 Å². The number of nitrogens with zero attached hydrogens (tertiary/aromatic N) is 4. The molecule has 0 atom stereocenters. The van der Waals surface area contributed by atoms with Gasteiger partial charge in [-0.3, -0.25) is 4.79 Å². The van der Waals surface area contributed by atoms with E-state index in [0.29, 0.717) is 59.7 Å². The Morgan fingerprint density at radius 3 is 2.28 bits per heavy atom. The van der Waals surface area contributed by atoms with Gasteiger partial charge in [0.25, 0.3) is 5.91 Å². The maximum Gasteiger partial charge on any atom is 0.416 e. The molecule has 0 spiro atoms. The number of carbonyl (C=O) groups excluding carboxylic acids is 1. The van der Waals surface area contributed by atoms with Crippen LogP contribution in [0, 0.1) is 6.92 Å². The van der Waals surface area contributed by atoms with Crippen LogP contribution >= 0.6 is 11.6 Å². The van der Waals surface area contributed by atoms with Crippen LogP contribution in [0.5, 0.6) is 0 Å². The molecule has 0 unspecified atom stereocenters. The lowest BCUT2D eigenvalue weighted by molar-refractivity contribution is -0.137. The maximum absolute atomic E-state index is 12.8. The van der Waals surface area contributed by atoms with Gasteiger partial charge in [-0.05, 0) is 37.3 Å². The Kier molecular flexibility index (Phi) is 6.06. The highest BCUT2D eigenvalue weighted by atomic mass is 35.5. The summed E-state index contributed by atoms with van der Waals surface area (Å²) in [6, 6.07) is 13.5. The lowest BCUT2D eigenvalue weighted by Crippen LogP contribution is -2.49. The van der Waals surface area contributed by atoms with E-state index in [4.69, 9.17) is 11.6 Å². The Bertz CT molecular complexity index is 1130. The molecule has 0 radical (unpaired) electrons. The molecule has 1 fully saturated rings. The van der Waals surface area contributed by atoms with Crippen molar-refractivity contribution in [2.75, 3.05) is 31.1 Å². The second kappa shape index (κ2) is 8.78. The average molecular weight is 461 g/mol. The van der Waals surface area contributed by atoms with Gasteiger partial charge in [-0.15, -0.1) is 0 Å². The standard InChI is InChI=1S/C23H20ClF3N4O/c1-15-13-20(29-21(28-15)16-5-7-18(8-6-16)23(25,26)27)30-9-11-31(12-10-30)22(32)17-3-2-4-19(24)14-17/h2-8,13-14H,9-12H2,1H3. The Labute approximate surface area is 188 Å². The van der Waals surface area contributed by atoms with Crippen LogP contribution in [0.25, 0.3) is 11.4 Å². The quantitative estimate of drug-likeness (QED) is 0.546. The largest absolute Gasteiger partial charge is 0.416 e. The van der Waals surface area contributed by atoms with Crippen LogP contribution < -0.4 is 4.90 Å². The Balaban J connectivity index is 1.48. The number of aromatic nitrogens is 2. The zero-order chi connectivity index (χ0) is 22.9. The van der Waals surface area contributed by atoms with Crippen LogP contribution in [0.15, 0.2) is 54.6 Å². The lowest BCUT2D eigenvalue weighted by atomic mass is 10.1. The number of anilines is 1. The third kappa shape index (κ3) is 4.85. The van der Waals surface area contributed by atoms with Crippen molar-refractivity contribution in [3.63, 3.8) is 0 Å². The fourth-order valence-corrected chi connectivity index (χ4v) is 3.78. The lowest BCUT2D eigenvalue weighted by Gasteiger charge is -2.35. The highest BCUT2D eigenvalue weighted by Gasteiger charge is 2.30. The summed E-state index contributed by atoms with van der Waals surface area (Å²) in [6.07, 6.45) is -4.39. The molecule has 2 heterocycles. The van der Waals surface area contributed by atoms with Crippen LogP contribution in [-0.4, -0.2) is 47.0 Å². The molecular formula is C23H20ClF3N4O. The summed E-state index contributed by atoms with van der Waals surface area (Å²) >= 11 is 5.99. The molecule has 166 valence electrons. The number of piperazine rings is 1. The summed E-state index contributed by atoms with van der Waals surface area (Å²) in [5, 5.41) is 0.516. The van der Waals surface area contributed by atoms with E-state index in [1.165, 1.54) is 12.1 Å². The number of alkyl halides is 3. The van der Waals surface area contributed by atoms with Crippen molar-refractivity contribution in [2.45, 2.75) is 13.1 Å². The van der Waals surface area contributed by atoms with Crippen molar-refractivity contribution < 1.29 is 18.0 Å². The minimum Gasteiger partial charge on any atom is -0.353 e. The third-order valence-corrected chi connectivity index (χ3v) is 5.51. The molecule has 1 amide bonds. The Morgan fingerprint density at radius 2 is 1.66 bits per heavy atom. The zero-order valence-electron chi connectivity index (χ0n) is 17.2. The number of hydrogen-bond acceptors (Lipinski definition) is 4. The Hall–Kier alpha value is -3.13. The van der Waals surface area contributed by atoms with Gasteiger partial charge in [0.2, 0.25) is 0 Å². The van der Waals surface area contributed by atoms with E-state index in [1.807, 2.05) is 17.9 Å². The predicted octanol–water partition coefficient (Wildman–Crippen LogP) is 5.09. The van der Waals surface area contributed by atoms with E-state index in [2.05, 4.69) is 9.97 Å². The molecule has 1 aliphatic heterocycles. The fraction of sp³-hybridized carbons (Fsp3) is 0.261. The van der Waals surface area contributed by atoms with Gasteiger partial charge in [0, 0.05) is 54.1 Å². The first-order chi connectivity index (χ1) is 15.2. The van der Waals surface area contributed by atoms with Crippen LogP contribution in [-0.2, 0) is 6.18 Å². The minimum absolute atomic E-state index is 0.0727. The molecule has 5 nitrogen and oxygen atoms in total. The van der Waals surface area contributed by atoms with E-state index >= 15 is 0 Å². The van der Waals surface area contributed by atoms with Gasteiger partial charge in [0.1, 0.15) is 5.82 Å². The van der Waals surface area contributed by atoms with Crippen molar-refractivity contribution in [3.8, 4) is 11.4 Å². The number of rotatable bonds is 3. The van der Waals surface area contributed by atoms with Crippen LogP contribution in [0.4, 0.5) is 19.0 Å². The zero-order valence-corrected chi connectivity index (χ0v) is 18.0. The molecule has 9 heteroatoms. The van der Waals surface area contributed by atoms with Gasteiger partial charge in [-0.2, -0.15) is 13.2 Å². The number of halogens is 4. The first kappa shape index (κ1) is 22.1. The van der Waals surface area contributed by atoms with E-state index in [9.17, 15) is 18.0 Å². The van der Waals surface area contributed by atoms with E-state index < -0.39 is 11.7 Å². The average Bonchev–Trinajstić information content (AvgIpc) is 2.78. The summed E-state index contributed by atoms with van der Waals surface area (Å²) in [5.74, 6) is 0.977. The molecule has 3 aromatic rings. The summed E-state index contributed by atoms with van der Waals surface area (Å²) in [6.45, 7) is 4.01. The van der Waals surface area contributed by atoms with Gasteiger partial charge >= 0.3 is 6.18 Å². The van der Waals surface area contributed by atoms with Gasteiger partial charge in [0.15, 0.2) is 5.82 Å². The SMILES string of the molecule is Cc1cc(N2CCN(C(=O)c3cccc(Cl)c3)CC2)nc(-c2ccc(C(F)(F)F)cc2)n1. The van der Waals surface area contributed by atoms with Crippen molar-refractivity contribution in [2.24, 2.45) is 0 Å². The molecule has 0 aliphatic carbocycles. The normalized spacial score (nSPS) is 14.5. The van der Waals surface area contributed by atoms with Crippen LogP contribution in [0.2, 0.25) is 5.02 Å². The van der Waals surface area contributed by atoms with Crippen molar-refractivity contribution in [1.82, 2.24) is 14.9 Å². The van der Waals surface area contributed by atoms with E-state index in [-0.39, 0.29) is 5.91 Å². The molecule has 1 saturated heterocycles. The molecule has 4 rings (SSSR count). The van der Waals surface area contributed by atoms with E-state index in [0.717, 1.165) is 12.1 Å². The van der Waals surface area contributed by atoms with Crippen LogP contribution in [0.1, 0.15) is 21.6 Å². The number of benzene rings is 2. The number of carbonyl (C=O) groups is 1. The van der Waals surface area contributed by atoms with Crippen molar-refractivity contribution in [3.05, 3.63) is 76.4 Å². The smallest absolute Gasteiger partial charge is 0.353 e. The highest BCUT2D eigenvalue weighted by molar-refractivity contribution is 6.30. The molecule has 0 N–H and O–H groups in total. The fourth-order valence-electron chi connectivity index (χ4n) is 3.59. The second-order valence-corrected chi connectivity index (χ2v) is 7.99. The van der Waals surface area contributed by atoms with Crippen molar-refractivity contribution in [1.29, 1.82) is 0 Å². The van der Waals surface area contributed by atoms with Crippen molar-refractivity contribution >= 4 is 23.3 Å². The summed E-state index contributed by atoms with van der Waals surface area (Å²) in [7, 11) is 0.